The molecule has 1 saturated heterocycles. The normalized spacial score (nSPS) is 24.6. The molecule has 0 radical (unpaired) electrons. The van der Waals surface area contributed by atoms with Gasteiger partial charge in [0.25, 0.3) is 5.91 Å². The molecule has 2 fully saturated rings. The molecule has 4 rings (SSSR count). The molecule has 0 unspecified atom stereocenters. The Hall–Kier alpha value is -1.69. The Morgan fingerprint density at radius 1 is 1.08 bits per heavy atom. The van der Waals surface area contributed by atoms with Crippen molar-refractivity contribution in [3.8, 4) is 0 Å². The molecule has 1 aromatic carbocycles. The van der Waals surface area contributed by atoms with Crippen LogP contribution in [0, 0.1) is 0 Å². The molecule has 2 aliphatic rings. The molecule has 25 heavy (non-hydrogen) atoms. The first kappa shape index (κ1) is 16.8. The average molecular weight is 358 g/mol. The molecule has 132 valence electrons. The van der Waals surface area contributed by atoms with E-state index >= 15 is 0 Å². The summed E-state index contributed by atoms with van der Waals surface area (Å²) in [5, 5.41) is 5.39. The molecular weight excluding hydrogens is 330 g/mol. The molecule has 1 aliphatic heterocycles. The summed E-state index contributed by atoms with van der Waals surface area (Å²) in [7, 11) is 0. The Bertz CT molecular complexity index is 676. The Morgan fingerprint density at radius 2 is 1.84 bits per heavy atom. The molecule has 5 heteroatoms. The Kier molecular flexibility index (Phi) is 5.15. The minimum atomic E-state index is -0.0647. The Morgan fingerprint density at radius 3 is 2.48 bits per heavy atom. The number of thiophene rings is 1. The lowest BCUT2D eigenvalue weighted by atomic mass is 10.0. The molecule has 0 spiro atoms. The van der Waals surface area contributed by atoms with Gasteiger partial charge in [-0.1, -0.05) is 36.4 Å². The van der Waals surface area contributed by atoms with Gasteiger partial charge in [0.2, 0.25) is 0 Å². The lowest BCUT2D eigenvalue weighted by Crippen LogP contribution is -3.28. The minimum absolute atomic E-state index is 0.0647. The first-order valence-electron chi connectivity index (χ1n) is 9.35. The number of benzene rings is 1. The van der Waals surface area contributed by atoms with Crippen LogP contribution in [0.25, 0.3) is 0 Å². The largest absolute Gasteiger partial charge is 0.348 e. The zero-order chi connectivity index (χ0) is 17.1. The number of quaternary nitrogens is 2. The smallest absolute Gasteiger partial charge is 0.283 e. The van der Waals surface area contributed by atoms with Crippen LogP contribution in [0.3, 0.4) is 0 Å². The van der Waals surface area contributed by atoms with Crippen molar-refractivity contribution in [3.63, 3.8) is 0 Å². The van der Waals surface area contributed by atoms with Crippen molar-refractivity contribution in [2.45, 2.75) is 31.5 Å². The zero-order valence-corrected chi connectivity index (χ0v) is 15.4. The van der Waals surface area contributed by atoms with Gasteiger partial charge < -0.3 is 15.1 Å². The van der Waals surface area contributed by atoms with Crippen molar-refractivity contribution in [2.75, 3.05) is 26.2 Å². The zero-order valence-electron chi connectivity index (χ0n) is 14.5. The van der Waals surface area contributed by atoms with Gasteiger partial charge in [-0.25, -0.2) is 0 Å². The quantitative estimate of drug-likeness (QED) is 0.672. The number of hydrogen-bond acceptors (Lipinski definition) is 2. The van der Waals surface area contributed by atoms with Crippen LogP contribution < -0.4 is 15.1 Å². The van der Waals surface area contributed by atoms with Crippen LogP contribution >= 0.6 is 11.3 Å². The second-order valence-corrected chi connectivity index (χ2v) is 8.32. The van der Waals surface area contributed by atoms with Crippen LogP contribution in [0.5, 0.6) is 0 Å². The van der Waals surface area contributed by atoms with E-state index in [0.717, 1.165) is 51.1 Å². The van der Waals surface area contributed by atoms with Gasteiger partial charge in [-0.15, -0.1) is 11.3 Å². The number of nitrogens with one attached hydrogen (secondary N) is 3. The van der Waals surface area contributed by atoms with Gasteiger partial charge in [-0.05, 0) is 24.3 Å². The fraction of sp³-hybridized carbons (Fsp3) is 0.450. The lowest BCUT2D eigenvalue weighted by Gasteiger charge is -2.34. The molecule has 2 aromatic rings. The van der Waals surface area contributed by atoms with Gasteiger partial charge in [0.1, 0.15) is 32.7 Å². The van der Waals surface area contributed by atoms with Crippen LogP contribution in [-0.2, 0) is 11.3 Å². The van der Waals surface area contributed by atoms with E-state index in [1.54, 1.807) is 4.90 Å². The molecular formula is C20H27N3OS+2. The fourth-order valence-corrected chi connectivity index (χ4v) is 4.56. The molecule has 4 nitrogen and oxygen atoms in total. The third-order valence-corrected chi connectivity index (χ3v) is 6.21. The summed E-state index contributed by atoms with van der Waals surface area (Å²) in [6.45, 7) is 5.49. The monoisotopic (exact) mass is 357 g/mol. The molecule has 1 amide bonds. The van der Waals surface area contributed by atoms with E-state index in [1.165, 1.54) is 9.78 Å². The van der Waals surface area contributed by atoms with Gasteiger partial charge in [-0.3, -0.25) is 4.79 Å². The third kappa shape index (κ3) is 4.29. The van der Waals surface area contributed by atoms with Gasteiger partial charge in [0.15, 0.2) is 6.04 Å². The summed E-state index contributed by atoms with van der Waals surface area (Å²) >= 11 is 1.85. The highest BCUT2D eigenvalue weighted by atomic mass is 32.1. The summed E-state index contributed by atoms with van der Waals surface area (Å²) in [6.07, 6.45) is 2.28. The SMILES string of the molecule is O=C(NC1CC1)[C@H](c1ccccc1)[NH+]1CC[NH+](Cc2cccs2)CC1. The highest BCUT2D eigenvalue weighted by Gasteiger charge is 2.37. The number of carbonyl (C=O) groups excluding carboxylic acids is 1. The Labute approximate surface area is 153 Å². The van der Waals surface area contributed by atoms with E-state index in [1.807, 2.05) is 29.5 Å². The van der Waals surface area contributed by atoms with Crippen LogP contribution in [0.15, 0.2) is 47.8 Å². The van der Waals surface area contributed by atoms with E-state index in [2.05, 4.69) is 35.0 Å². The first-order chi connectivity index (χ1) is 12.3. The standard InChI is InChI=1S/C20H25N3OS/c24-20(21-17-8-9-17)19(16-5-2-1-3-6-16)23-12-10-22(11-13-23)15-18-7-4-14-25-18/h1-7,14,17,19H,8-13,15H2,(H,21,24)/p+2/t19-/m0/s1. The predicted molar refractivity (Wildman–Crippen MR) is 99.8 cm³/mol. The second-order valence-electron chi connectivity index (χ2n) is 7.29. The summed E-state index contributed by atoms with van der Waals surface area (Å²) in [5.41, 5.74) is 1.15. The molecule has 0 bridgehead atoms. The summed E-state index contributed by atoms with van der Waals surface area (Å²) in [6, 6.07) is 15.0. The van der Waals surface area contributed by atoms with E-state index in [-0.39, 0.29) is 11.9 Å². The number of hydrogen-bond donors (Lipinski definition) is 3. The third-order valence-electron chi connectivity index (χ3n) is 5.33. The second kappa shape index (κ2) is 7.68. The molecule has 1 aliphatic carbocycles. The van der Waals surface area contributed by atoms with Crippen LogP contribution in [0.1, 0.15) is 29.3 Å². The van der Waals surface area contributed by atoms with Crippen LogP contribution in [-0.4, -0.2) is 38.1 Å². The average Bonchev–Trinajstić information content (AvgIpc) is 3.30. The molecule has 1 aromatic heterocycles. The van der Waals surface area contributed by atoms with Crippen molar-refractivity contribution in [2.24, 2.45) is 0 Å². The minimum Gasteiger partial charge on any atom is -0.348 e. The van der Waals surface area contributed by atoms with Crippen molar-refractivity contribution in [3.05, 3.63) is 58.3 Å². The highest BCUT2D eigenvalue weighted by molar-refractivity contribution is 7.09. The fourth-order valence-electron chi connectivity index (χ4n) is 3.78. The molecule has 1 saturated carbocycles. The van der Waals surface area contributed by atoms with Crippen molar-refractivity contribution in [1.29, 1.82) is 0 Å². The van der Waals surface area contributed by atoms with Crippen molar-refractivity contribution >= 4 is 17.2 Å². The summed E-state index contributed by atoms with van der Waals surface area (Å²) in [5.74, 6) is 0.213. The van der Waals surface area contributed by atoms with E-state index < -0.39 is 0 Å². The van der Waals surface area contributed by atoms with Gasteiger partial charge in [0.05, 0.1) is 4.88 Å². The molecule has 3 N–H and O–H groups in total. The van der Waals surface area contributed by atoms with Crippen molar-refractivity contribution in [1.82, 2.24) is 5.32 Å². The maximum absolute atomic E-state index is 12.9. The first-order valence-corrected chi connectivity index (χ1v) is 10.2. The van der Waals surface area contributed by atoms with Crippen LogP contribution in [0.4, 0.5) is 0 Å². The lowest BCUT2D eigenvalue weighted by molar-refractivity contribution is -1.03. The predicted octanol–water partition coefficient (Wildman–Crippen LogP) is 0.0514. The molecule has 1 atom stereocenters. The highest BCUT2D eigenvalue weighted by Crippen LogP contribution is 2.20. The van der Waals surface area contributed by atoms with E-state index in [9.17, 15) is 4.79 Å². The van der Waals surface area contributed by atoms with Crippen LogP contribution in [0.2, 0.25) is 0 Å². The van der Waals surface area contributed by atoms with E-state index in [0.29, 0.717) is 6.04 Å². The number of rotatable bonds is 6. The summed E-state index contributed by atoms with van der Waals surface area (Å²) in [4.78, 5) is 17.4. The number of carbonyl (C=O) groups is 1. The Balaban J connectivity index is 1.42. The molecule has 2 heterocycles. The van der Waals surface area contributed by atoms with Gasteiger partial charge >= 0.3 is 0 Å². The maximum Gasteiger partial charge on any atom is 0.283 e. The van der Waals surface area contributed by atoms with Crippen molar-refractivity contribution < 1.29 is 14.6 Å². The number of piperazine rings is 1. The topological polar surface area (TPSA) is 38.0 Å². The maximum atomic E-state index is 12.9. The number of amides is 1. The van der Waals surface area contributed by atoms with E-state index in [4.69, 9.17) is 0 Å². The van der Waals surface area contributed by atoms with Gasteiger partial charge in [0, 0.05) is 11.6 Å². The summed E-state index contributed by atoms with van der Waals surface area (Å²) < 4.78 is 0. The van der Waals surface area contributed by atoms with Gasteiger partial charge in [-0.2, -0.15) is 0 Å².